The summed E-state index contributed by atoms with van der Waals surface area (Å²) in [5.74, 6) is -0.0742. The van der Waals surface area contributed by atoms with Crippen LogP contribution in [0.15, 0.2) is 30.3 Å². The molecule has 0 aromatic heterocycles. The summed E-state index contributed by atoms with van der Waals surface area (Å²) in [4.78, 5) is 13.6. The van der Waals surface area contributed by atoms with Gasteiger partial charge in [-0.2, -0.15) is 13.2 Å². The third-order valence-electron chi connectivity index (χ3n) is 3.84. The number of nitrogens with zero attached hydrogens (tertiary/aromatic N) is 1. The molecule has 25 heavy (non-hydrogen) atoms. The third kappa shape index (κ3) is 5.49. The summed E-state index contributed by atoms with van der Waals surface area (Å²) in [7, 11) is 0. The van der Waals surface area contributed by atoms with Crippen LogP contribution in [0.1, 0.15) is 31.9 Å². The standard InChI is InChI=1S/C18H23F3N2O2/c1-17(2,3)25-16(24)23-10-13(15(22)11-23)7-4-12-5-8-14(9-6-12)18(19,20)21/h4-9,13,15H,10-11,22H2,1-3H3/b7-4+. The van der Waals surface area contributed by atoms with Crippen LogP contribution in [0, 0.1) is 5.92 Å². The fourth-order valence-corrected chi connectivity index (χ4v) is 2.55. The molecule has 2 N–H and O–H groups in total. The molecular weight excluding hydrogens is 333 g/mol. The van der Waals surface area contributed by atoms with Gasteiger partial charge in [-0.05, 0) is 38.5 Å². The van der Waals surface area contributed by atoms with Crippen molar-refractivity contribution in [3.8, 4) is 0 Å². The highest BCUT2D eigenvalue weighted by Gasteiger charge is 2.34. The zero-order valence-electron chi connectivity index (χ0n) is 14.5. The first kappa shape index (κ1) is 19.3. The molecule has 1 aliphatic rings. The van der Waals surface area contributed by atoms with Gasteiger partial charge in [0.15, 0.2) is 0 Å². The van der Waals surface area contributed by atoms with Crippen molar-refractivity contribution in [2.75, 3.05) is 13.1 Å². The number of ether oxygens (including phenoxy) is 1. The summed E-state index contributed by atoms with van der Waals surface area (Å²) in [6, 6.07) is 4.66. The van der Waals surface area contributed by atoms with E-state index in [1.807, 2.05) is 6.08 Å². The highest BCUT2D eigenvalue weighted by molar-refractivity contribution is 5.69. The molecule has 2 rings (SSSR count). The van der Waals surface area contributed by atoms with E-state index in [1.165, 1.54) is 12.1 Å². The van der Waals surface area contributed by atoms with Crippen LogP contribution in [0.3, 0.4) is 0 Å². The highest BCUT2D eigenvalue weighted by atomic mass is 19.4. The van der Waals surface area contributed by atoms with Crippen LogP contribution >= 0.6 is 0 Å². The predicted molar refractivity (Wildman–Crippen MR) is 89.8 cm³/mol. The Morgan fingerprint density at radius 2 is 1.80 bits per heavy atom. The Balaban J connectivity index is 1.98. The largest absolute Gasteiger partial charge is 0.444 e. The van der Waals surface area contributed by atoms with Crippen molar-refractivity contribution in [3.05, 3.63) is 41.5 Å². The van der Waals surface area contributed by atoms with Crippen LogP contribution in [0.25, 0.3) is 6.08 Å². The average Bonchev–Trinajstić information content (AvgIpc) is 2.84. The van der Waals surface area contributed by atoms with Gasteiger partial charge in [-0.1, -0.05) is 24.3 Å². The van der Waals surface area contributed by atoms with E-state index < -0.39 is 23.4 Å². The number of benzene rings is 1. The molecule has 0 radical (unpaired) electrons. The molecule has 2 atom stereocenters. The Morgan fingerprint density at radius 1 is 1.20 bits per heavy atom. The van der Waals surface area contributed by atoms with Crippen molar-refractivity contribution in [2.45, 2.75) is 38.6 Å². The fourth-order valence-electron chi connectivity index (χ4n) is 2.55. The van der Waals surface area contributed by atoms with Gasteiger partial charge in [-0.25, -0.2) is 4.79 Å². The van der Waals surface area contributed by atoms with Crippen molar-refractivity contribution in [1.29, 1.82) is 0 Å². The SMILES string of the molecule is CC(C)(C)OC(=O)N1CC(N)C(/C=C/c2ccc(C(F)(F)F)cc2)C1. The van der Waals surface area contributed by atoms with Gasteiger partial charge in [0.1, 0.15) is 5.60 Å². The van der Waals surface area contributed by atoms with Gasteiger partial charge in [0.25, 0.3) is 0 Å². The zero-order valence-corrected chi connectivity index (χ0v) is 14.5. The molecule has 1 amide bonds. The second-order valence-corrected chi connectivity index (χ2v) is 7.19. The Labute approximate surface area is 145 Å². The molecule has 1 fully saturated rings. The van der Waals surface area contributed by atoms with Crippen LogP contribution in [-0.2, 0) is 10.9 Å². The number of alkyl halides is 3. The Morgan fingerprint density at radius 3 is 2.32 bits per heavy atom. The van der Waals surface area contributed by atoms with E-state index >= 15 is 0 Å². The van der Waals surface area contributed by atoms with E-state index in [-0.39, 0.29) is 12.0 Å². The number of amides is 1. The van der Waals surface area contributed by atoms with E-state index in [1.54, 1.807) is 31.7 Å². The van der Waals surface area contributed by atoms with E-state index in [0.717, 1.165) is 12.1 Å². The molecule has 1 heterocycles. The molecule has 0 saturated carbocycles. The minimum Gasteiger partial charge on any atom is -0.444 e. The summed E-state index contributed by atoms with van der Waals surface area (Å²) < 4.78 is 43.0. The minimum absolute atomic E-state index is 0.0742. The number of likely N-dealkylation sites (tertiary alicyclic amines) is 1. The first-order valence-corrected chi connectivity index (χ1v) is 8.05. The van der Waals surface area contributed by atoms with Crippen molar-refractivity contribution in [3.63, 3.8) is 0 Å². The summed E-state index contributed by atoms with van der Waals surface area (Å²) in [5, 5.41) is 0. The smallest absolute Gasteiger partial charge is 0.416 e. The van der Waals surface area contributed by atoms with Gasteiger partial charge in [0.05, 0.1) is 5.56 Å². The quantitative estimate of drug-likeness (QED) is 0.874. The number of halogens is 3. The lowest BCUT2D eigenvalue weighted by molar-refractivity contribution is -0.137. The third-order valence-corrected chi connectivity index (χ3v) is 3.84. The maximum Gasteiger partial charge on any atom is 0.416 e. The van der Waals surface area contributed by atoms with E-state index in [0.29, 0.717) is 18.7 Å². The zero-order chi connectivity index (χ0) is 18.8. The summed E-state index contributed by atoms with van der Waals surface area (Å²) in [6.07, 6.45) is -1.20. The lowest BCUT2D eigenvalue weighted by Gasteiger charge is -2.24. The molecule has 0 bridgehead atoms. The number of hydrogen-bond acceptors (Lipinski definition) is 3. The molecule has 1 aliphatic heterocycles. The maximum atomic E-state index is 12.6. The first-order chi connectivity index (χ1) is 11.5. The van der Waals surface area contributed by atoms with Crippen LogP contribution in [-0.4, -0.2) is 35.7 Å². The van der Waals surface area contributed by atoms with E-state index in [2.05, 4.69) is 0 Å². The first-order valence-electron chi connectivity index (χ1n) is 8.05. The molecule has 2 unspecified atom stereocenters. The molecule has 1 aromatic carbocycles. The maximum absolute atomic E-state index is 12.6. The number of hydrogen-bond donors (Lipinski definition) is 1. The van der Waals surface area contributed by atoms with E-state index in [4.69, 9.17) is 10.5 Å². The fraction of sp³-hybridized carbons (Fsp3) is 0.500. The van der Waals surface area contributed by atoms with Gasteiger partial charge in [-0.15, -0.1) is 0 Å². The van der Waals surface area contributed by atoms with Crippen LogP contribution < -0.4 is 5.73 Å². The molecule has 0 aliphatic carbocycles. The summed E-state index contributed by atoms with van der Waals surface area (Å²) >= 11 is 0. The summed E-state index contributed by atoms with van der Waals surface area (Å²) in [6.45, 7) is 6.19. The average molecular weight is 356 g/mol. The Hall–Kier alpha value is -2.02. The second-order valence-electron chi connectivity index (χ2n) is 7.19. The van der Waals surface area contributed by atoms with Crippen LogP contribution in [0.4, 0.5) is 18.0 Å². The van der Waals surface area contributed by atoms with Crippen LogP contribution in [0.2, 0.25) is 0 Å². The molecule has 1 saturated heterocycles. The second kappa shape index (κ2) is 7.07. The molecule has 7 heteroatoms. The van der Waals surface area contributed by atoms with Gasteiger partial charge in [-0.3, -0.25) is 0 Å². The van der Waals surface area contributed by atoms with Gasteiger partial charge >= 0.3 is 12.3 Å². The lowest BCUT2D eigenvalue weighted by Crippen LogP contribution is -2.36. The number of carbonyl (C=O) groups is 1. The number of nitrogens with two attached hydrogens (primary N) is 1. The molecule has 0 spiro atoms. The highest BCUT2D eigenvalue weighted by Crippen LogP contribution is 2.29. The van der Waals surface area contributed by atoms with Gasteiger partial charge < -0.3 is 15.4 Å². The van der Waals surface area contributed by atoms with Crippen molar-refractivity contribution >= 4 is 12.2 Å². The minimum atomic E-state index is -4.34. The topological polar surface area (TPSA) is 55.6 Å². The van der Waals surface area contributed by atoms with Crippen LogP contribution in [0.5, 0.6) is 0 Å². The predicted octanol–water partition coefficient (Wildman–Crippen LogP) is 3.91. The number of carbonyl (C=O) groups excluding carboxylic acids is 1. The van der Waals surface area contributed by atoms with Gasteiger partial charge in [0.2, 0.25) is 0 Å². The Kier molecular flexibility index (Phi) is 5.46. The Bertz CT molecular complexity index is 633. The van der Waals surface area contributed by atoms with Crippen molar-refractivity contribution in [1.82, 2.24) is 4.90 Å². The molecular formula is C18H23F3N2O2. The van der Waals surface area contributed by atoms with Crippen molar-refractivity contribution < 1.29 is 22.7 Å². The van der Waals surface area contributed by atoms with Crippen molar-refractivity contribution in [2.24, 2.45) is 11.7 Å². The molecule has 4 nitrogen and oxygen atoms in total. The molecule has 1 aromatic rings. The van der Waals surface area contributed by atoms with E-state index in [9.17, 15) is 18.0 Å². The normalized spacial score (nSPS) is 21.8. The molecule has 138 valence electrons. The summed E-state index contributed by atoms with van der Waals surface area (Å²) in [5.41, 5.74) is 5.46. The number of rotatable bonds is 2. The van der Waals surface area contributed by atoms with Gasteiger partial charge in [0, 0.05) is 25.0 Å². The lowest BCUT2D eigenvalue weighted by atomic mass is 10.0. The monoisotopic (exact) mass is 356 g/mol.